The highest BCUT2D eigenvalue weighted by molar-refractivity contribution is 5.75. The van der Waals surface area contributed by atoms with Crippen LogP contribution in [0.2, 0.25) is 0 Å². The van der Waals surface area contributed by atoms with Crippen LogP contribution in [-0.2, 0) is 11.2 Å². The van der Waals surface area contributed by atoms with E-state index in [4.69, 9.17) is 9.15 Å². The van der Waals surface area contributed by atoms with Gasteiger partial charge in [0.25, 0.3) is 0 Å². The molecule has 1 aromatic heterocycles. The van der Waals surface area contributed by atoms with Gasteiger partial charge in [-0.05, 0) is 30.5 Å². The van der Waals surface area contributed by atoms with Gasteiger partial charge in [0.2, 0.25) is 0 Å². The van der Waals surface area contributed by atoms with Gasteiger partial charge in [-0.25, -0.2) is 9.78 Å². The summed E-state index contributed by atoms with van der Waals surface area (Å²) < 4.78 is 52.3. The first kappa shape index (κ1) is 24.3. The maximum absolute atomic E-state index is 13.2. The zero-order chi connectivity index (χ0) is 24.3. The number of urea groups is 1. The average Bonchev–Trinajstić information content (AvgIpc) is 3.45. The van der Waals surface area contributed by atoms with Crippen LogP contribution in [0.5, 0.6) is 5.75 Å². The van der Waals surface area contributed by atoms with Crippen molar-refractivity contribution in [1.29, 1.82) is 0 Å². The van der Waals surface area contributed by atoms with E-state index in [0.717, 1.165) is 11.3 Å². The molecule has 11 heteroatoms. The van der Waals surface area contributed by atoms with Crippen LogP contribution in [0.1, 0.15) is 41.8 Å². The molecule has 0 radical (unpaired) electrons. The van der Waals surface area contributed by atoms with E-state index in [1.807, 2.05) is 0 Å². The van der Waals surface area contributed by atoms with Crippen LogP contribution >= 0.6 is 0 Å². The van der Waals surface area contributed by atoms with E-state index in [1.165, 1.54) is 12.1 Å². The molecule has 1 aromatic carbocycles. The number of halogens is 3. The molecule has 3 unspecified atom stereocenters. The molecule has 4 rings (SSSR count). The molecule has 2 aliphatic rings. The molecule has 3 atom stereocenters. The normalized spacial score (nSPS) is 23.4. The number of piperidine rings is 1. The first-order valence-electron chi connectivity index (χ1n) is 11.2. The minimum Gasteiger partial charge on any atom is -0.448 e. The van der Waals surface area contributed by atoms with Crippen molar-refractivity contribution < 1.29 is 37.0 Å². The lowest BCUT2D eigenvalue weighted by Crippen LogP contribution is -2.48. The summed E-state index contributed by atoms with van der Waals surface area (Å²) in [6.45, 7) is 2.08. The van der Waals surface area contributed by atoms with Crippen molar-refractivity contribution in [3.63, 3.8) is 0 Å². The first-order valence-corrected chi connectivity index (χ1v) is 11.2. The predicted octanol–water partition coefficient (Wildman–Crippen LogP) is 3.52. The molecule has 0 aliphatic carbocycles. The Morgan fingerprint density at radius 1 is 1.18 bits per heavy atom. The molecule has 34 heavy (non-hydrogen) atoms. The number of hydrogen-bond donors (Lipinski definition) is 1. The van der Waals surface area contributed by atoms with Crippen LogP contribution in [0.15, 0.2) is 34.9 Å². The zero-order valence-corrected chi connectivity index (χ0v) is 18.8. The van der Waals surface area contributed by atoms with Gasteiger partial charge in [-0.15, -0.1) is 13.2 Å². The Kier molecular flexibility index (Phi) is 7.32. The van der Waals surface area contributed by atoms with Crippen molar-refractivity contribution in [3.8, 4) is 5.75 Å². The smallest absolute Gasteiger partial charge is 0.448 e. The SMILES string of the molecule is COCCc1coc(C2CC(c3ccc(OC(F)(F)F)cc3)CN(C(=O)N3CCC(O)C3)C2)n1. The fraction of sp³-hybridized carbons (Fsp3) is 0.565. The van der Waals surface area contributed by atoms with Crippen LogP contribution in [0.25, 0.3) is 0 Å². The zero-order valence-electron chi connectivity index (χ0n) is 18.8. The molecule has 8 nitrogen and oxygen atoms in total. The number of amides is 2. The summed E-state index contributed by atoms with van der Waals surface area (Å²) in [6.07, 6.45) is -1.94. The average molecular weight is 483 g/mol. The van der Waals surface area contributed by atoms with Crippen LogP contribution in [0.4, 0.5) is 18.0 Å². The summed E-state index contributed by atoms with van der Waals surface area (Å²) >= 11 is 0. The van der Waals surface area contributed by atoms with Crippen LogP contribution in [0, 0.1) is 0 Å². The molecular weight excluding hydrogens is 455 g/mol. The van der Waals surface area contributed by atoms with Crippen molar-refractivity contribution in [2.24, 2.45) is 0 Å². The Labute approximate surface area is 195 Å². The summed E-state index contributed by atoms with van der Waals surface area (Å²) in [7, 11) is 1.61. The fourth-order valence-corrected chi connectivity index (χ4v) is 4.56. The standard InChI is InChI=1S/C23H28F3N3O5/c1-32-9-7-18-14-33-21(27-18)17-10-16(15-2-4-20(5-3-15)34-23(24,25)26)11-29(12-17)22(31)28-8-6-19(30)13-28/h2-5,14,16-17,19,30H,6-13H2,1H3. The highest BCUT2D eigenvalue weighted by Crippen LogP contribution is 2.37. The van der Waals surface area contributed by atoms with Gasteiger partial charge in [-0.3, -0.25) is 0 Å². The number of benzene rings is 1. The van der Waals surface area contributed by atoms with Crippen molar-refractivity contribution in [2.75, 3.05) is 39.9 Å². The van der Waals surface area contributed by atoms with Crippen molar-refractivity contribution in [3.05, 3.63) is 47.7 Å². The van der Waals surface area contributed by atoms with Crippen LogP contribution < -0.4 is 4.74 Å². The van der Waals surface area contributed by atoms with Gasteiger partial charge in [0.15, 0.2) is 5.89 Å². The summed E-state index contributed by atoms with van der Waals surface area (Å²) in [6, 6.07) is 5.58. The second kappa shape index (κ2) is 10.2. The third-order valence-corrected chi connectivity index (χ3v) is 6.22. The Balaban J connectivity index is 1.54. The van der Waals surface area contributed by atoms with E-state index in [0.29, 0.717) is 51.4 Å². The van der Waals surface area contributed by atoms with E-state index in [9.17, 15) is 23.1 Å². The Morgan fingerprint density at radius 3 is 2.56 bits per heavy atom. The van der Waals surface area contributed by atoms with Crippen molar-refractivity contribution in [1.82, 2.24) is 14.8 Å². The van der Waals surface area contributed by atoms with E-state index < -0.39 is 12.5 Å². The molecule has 2 fully saturated rings. The number of aliphatic hydroxyl groups is 1. The molecule has 3 heterocycles. The van der Waals surface area contributed by atoms with Crippen molar-refractivity contribution in [2.45, 2.75) is 43.6 Å². The Morgan fingerprint density at radius 2 is 1.91 bits per heavy atom. The number of nitrogens with zero attached hydrogens (tertiary/aromatic N) is 3. The van der Waals surface area contributed by atoms with Gasteiger partial charge < -0.3 is 28.8 Å². The van der Waals surface area contributed by atoms with E-state index >= 15 is 0 Å². The van der Waals surface area contributed by atoms with Gasteiger partial charge in [0, 0.05) is 45.6 Å². The number of methoxy groups -OCH3 is 1. The molecule has 2 saturated heterocycles. The Bertz CT molecular complexity index is 966. The van der Waals surface area contributed by atoms with Gasteiger partial charge in [0.05, 0.1) is 24.3 Å². The van der Waals surface area contributed by atoms with Crippen LogP contribution in [-0.4, -0.2) is 78.3 Å². The summed E-state index contributed by atoms with van der Waals surface area (Å²) in [4.78, 5) is 21.1. The maximum atomic E-state index is 13.2. The number of aliphatic hydroxyl groups excluding tert-OH is 1. The quantitative estimate of drug-likeness (QED) is 0.677. The highest BCUT2D eigenvalue weighted by Gasteiger charge is 2.37. The number of alkyl halides is 3. The molecule has 2 aliphatic heterocycles. The second-order valence-corrected chi connectivity index (χ2v) is 8.74. The van der Waals surface area contributed by atoms with E-state index in [1.54, 1.807) is 35.3 Å². The molecular formula is C23H28F3N3O5. The van der Waals surface area contributed by atoms with E-state index in [-0.39, 0.29) is 30.2 Å². The number of carbonyl (C=O) groups excluding carboxylic acids is 1. The maximum Gasteiger partial charge on any atom is 0.573 e. The first-order chi connectivity index (χ1) is 16.2. The van der Waals surface area contributed by atoms with E-state index in [2.05, 4.69) is 9.72 Å². The largest absolute Gasteiger partial charge is 0.573 e. The molecule has 1 N–H and O–H groups in total. The molecule has 0 spiro atoms. The lowest BCUT2D eigenvalue weighted by Gasteiger charge is -2.38. The molecule has 0 saturated carbocycles. The number of likely N-dealkylation sites (tertiary alicyclic amines) is 2. The molecule has 0 bridgehead atoms. The van der Waals surface area contributed by atoms with Gasteiger partial charge in [-0.1, -0.05) is 12.1 Å². The Hall–Kier alpha value is -2.79. The minimum atomic E-state index is -4.76. The number of oxazole rings is 1. The molecule has 186 valence electrons. The monoisotopic (exact) mass is 483 g/mol. The number of carbonyl (C=O) groups is 1. The van der Waals surface area contributed by atoms with Crippen molar-refractivity contribution >= 4 is 6.03 Å². The fourth-order valence-electron chi connectivity index (χ4n) is 4.56. The summed E-state index contributed by atoms with van der Waals surface area (Å²) in [5.74, 6) is -0.0905. The van der Waals surface area contributed by atoms with Gasteiger partial charge >= 0.3 is 12.4 Å². The topological polar surface area (TPSA) is 88.3 Å². The number of rotatable bonds is 6. The number of β-amino-alcohol motifs (C(OH)–C–C–N with tert-alkyl or cyclic N) is 1. The summed E-state index contributed by atoms with van der Waals surface area (Å²) in [5.41, 5.74) is 1.55. The van der Waals surface area contributed by atoms with Crippen LogP contribution in [0.3, 0.4) is 0 Å². The highest BCUT2D eigenvalue weighted by atomic mass is 19.4. The predicted molar refractivity (Wildman–Crippen MR) is 114 cm³/mol. The minimum absolute atomic E-state index is 0.135. The lowest BCUT2D eigenvalue weighted by molar-refractivity contribution is -0.274. The third kappa shape index (κ3) is 6.01. The molecule has 2 amide bonds. The lowest BCUT2D eigenvalue weighted by atomic mass is 9.84. The third-order valence-electron chi connectivity index (χ3n) is 6.22. The summed E-state index contributed by atoms with van der Waals surface area (Å²) in [5, 5.41) is 9.85. The molecule has 2 aromatic rings. The number of ether oxygens (including phenoxy) is 2. The second-order valence-electron chi connectivity index (χ2n) is 8.74. The van der Waals surface area contributed by atoms with Gasteiger partial charge in [-0.2, -0.15) is 0 Å². The van der Waals surface area contributed by atoms with Gasteiger partial charge in [0.1, 0.15) is 12.0 Å². The number of hydrogen-bond acceptors (Lipinski definition) is 6. The number of aromatic nitrogens is 1.